The SMILES string of the molecule is CCN=C(NSc1ccc2[nH]ccc2c1)N1CC2(C=N1)CCNCC2. The lowest BCUT2D eigenvalue weighted by atomic mass is 9.81. The van der Waals surface area contributed by atoms with E-state index in [0.717, 1.165) is 55.4 Å². The number of piperidine rings is 1. The number of H-pyrrole nitrogens is 1. The highest BCUT2D eigenvalue weighted by atomic mass is 32.2. The van der Waals surface area contributed by atoms with Crippen molar-refractivity contribution < 1.29 is 0 Å². The van der Waals surface area contributed by atoms with E-state index in [9.17, 15) is 0 Å². The number of aromatic nitrogens is 1. The van der Waals surface area contributed by atoms with E-state index in [1.54, 1.807) is 11.9 Å². The molecule has 1 aromatic heterocycles. The predicted octanol–water partition coefficient (Wildman–Crippen LogP) is 2.81. The third-order valence-electron chi connectivity index (χ3n) is 4.87. The third-order valence-corrected chi connectivity index (χ3v) is 5.65. The van der Waals surface area contributed by atoms with E-state index in [1.165, 1.54) is 5.39 Å². The molecule has 7 heteroatoms. The van der Waals surface area contributed by atoms with Crippen LogP contribution in [0.3, 0.4) is 0 Å². The Bertz CT molecular complexity index is 790. The highest BCUT2D eigenvalue weighted by molar-refractivity contribution is 7.98. The van der Waals surface area contributed by atoms with E-state index in [0.29, 0.717) is 0 Å². The van der Waals surface area contributed by atoms with Crippen LogP contribution in [-0.2, 0) is 0 Å². The highest BCUT2D eigenvalue weighted by Crippen LogP contribution is 2.32. The van der Waals surface area contributed by atoms with Gasteiger partial charge in [-0.3, -0.25) is 9.71 Å². The minimum absolute atomic E-state index is 0.205. The first-order valence-electron chi connectivity index (χ1n) is 8.86. The molecule has 0 bridgehead atoms. The monoisotopic (exact) mass is 356 g/mol. The summed E-state index contributed by atoms with van der Waals surface area (Å²) >= 11 is 1.59. The van der Waals surface area contributed by atoms with Gasteiger partial charge in [0.05, 0.1) is 6.54 Å². The molecule has 2 aromatic rings. The van der Waals surface area contributed by atoms with Gasteiger partial charge in [-0.2, -0.15) is 5.10 Å². The summed E-state index contributed by atoms with van der Waals surface area (Å²) in [5, 5.41) is 11.3. The maximum Gasteiger partial charge on any atom is 0.225 e. The van der Waals surface area contributed by atoms with E-state index in [4.69, 9.17) is 0 Å². The summed E-state index contributed by atoms with van der Waals surface area (Å²) < 4.78 is 3.41. The maximum absolute atomic E-state index is 4.65. The molecule has 3 N–H and O–H groups in total. The molecule has 132 valence electrons. The second-order valence-electron chi connectivity index (χ2n) is 6.64. The number of fused-ring (bicyclic) bond motifs is 1. The van der Waals surface area contributed by atoms with Gasteiger partial charge in [-0.15, -0.1) is 0 Å². The van der Waals surface area contributed by atoms with Crippen LogP contribution >= 0.6 is 11.9 Å². The number of nitrogens with zero attached hydrogens (tertiary/aromatic N) is 3. The Morgan fingerprint density at radius 1 is 1.36 bits per heavy atom. The molecule has 2 aliphatic rings. The molecule has 1 spiro atoms. The van der Waals surface area contributed by atoms with Crippen molar-refractivity contribution in [1.29, 1.82) is 0 Å². The first-order valence-corrected chi connectivity index (χ1v) is 9.67. The molecule has 3 heterocycles. The molecule has 25 heavy (non-hydrogen) atoms. The van der Waals surface area contributed by atoms with Crippen LogP contribution in [-0.4, -0.2) is 48.3 Å². The standard InChI is InChI=1S/C18H24N6S/c1-2-20-17(24-13-18(12-22-24)6-9-19-10-7-18)23-25-15-3-4-16-14(11-15)5-8-21-16/h3-5,8,11-12,19,21H,2,6-7,9-10,13H2,1H3,(H,20,23). The average Bonchev–Trinajstić information content (AvgIpc) is 3.26. The van der Waals surface area contributed by atoms with Crippen LogP contribution < -0.4 is 10.0 Å². The lowest BCUT2D eigenvalue weighted by Gasteiger charge is -2.32. The molecule has 0 saturated carbocycles. The molecule has 0 amide bonds. The van der Waals surface area contributed by atoms with Crippen LogP contribution in [0, 0.1) is 5.41 Å². The van der Waals surface area contributed by atoms with Crippen LogP contribution in [0.2, 0.25) is 0 Å². The molecule has 1 saturated heterocycles. The van der Waals surface area contributed by atoms with Gasteiger partial charge in [-0.1, -0.05) is 0 Å². The van der Waals surface area contributed by atoms with Crippen molar-refractivity contribution in [1.82, 2.24) is 20.0 Å². The van der Waals surface area contributed by atoms with Gasteiger partial charge >= 0.3 is 0 Å². The first-order chi connectivity index (χ1) is 12.3. The van der Waals surface area contributed by atoms with E-state index in [2.05, 4.69) is 62.5 Å². The van der Waals surface area contributed by atoms with E-state index < -0.39 is 0 Å². The lowest BCUT2D eigenvalue weighted by molar-refractivity contribution is 0.265. The fourth-order valence-electron chi connectivity index (χ4n) is 3.43. The summed E-state index contributed by atoms with van der Waals surface area (Å²) in [5.41, 5.74) is 1.36. The van der Waals surface area contributed by atoms with Crippen molar-refractivity contribution in [2.75, 3.05) is 26.2 Å². The van der Waals surface area contributed by atoms with Crippen molar-refractivity contribution in [3.8, 4) is 0 Å². The number of hydrogen-bond acceptors (Lipinski definition) is 4. The molecule has 6 nitrogen and oxygen atoms in total. The number of aliphatic imine (C=N–C) groups is 1. The average molecular weight is 356 g/mol. The molecular weight excluding hydrogens is 332 g/mol. The Morgan fingerprint density at radius 2 is 2.24 bits per heavy atom. The largest absolute Gasteiger partial charge is 0.361 e. The lowest BCUT2D eigenvalue weighted by Crippen LogP contribution is -2.43. The van der Waals surface area contributed by atoms with Gasteiger partial charge in [-0.05, 0) is 69.1 Å². The molecule has 0 unspecified atom stereocenters. The Labute approximate surface area is 152 Å². The molecule has 4 rings (SSSR count). The molecule has 0 aliphatic carbocycles. The van der Waals surface area contributed by atoms with Crippen LogP contribution in [0.25, 0.3) is 10.9 Å². The van der Waals surface area contributed by atoms with Crippen molar-refractivity contribution in [3.63, 3.8) is 0 Å². The van der Waals surface area contributed by atoms with Crippen LogP contribution in [0.5, 0.6) is 0 Å². The van der Waals surface area contributed by atoms with Gasteiger partial charge in [-0.25, -0.2) is 5.01 Å². The second kappa shape index (κ2) is 7.09. The minimum atomic E-state index is 0.205. The van der Waals surface area contributed by atoms with Crippen LogP contribution in [0.1, 0.15) is 19.8 Å². The minimum Gasteiger partial charge on any atom is -0.361 e. The Kier molecular flexibility index (Phi) is 4.67. The van der Waals surface area contributed by atoms with Gasteiger partial charge in [0.25, 0.3) is 0 Å². The fourth-order valence-corrected chi connectivity index (χ4v) is 4.13. The Hall–Kier alpha value is -1.99. The van der Waals surface area contributed by atoms with Gasteiger partial charge in [0.15, 0.2) is 0 Å². The number of guanidine groups is 1. The predicted molar refractivity (Wildman–Crippen MR) is 105 cm³/mol. The van der Waals surface area contributed by atoms with E-state index >= 15 is 0 Å². The Balaban J connectivity index is 1.43. The quantitative estimate of drug-likeness (QED) is 0.449. The summed E-state index contributed by atoms with van der Waals surface area (Å²) in [7, 11) is 0. The summed E-state index contributed by atoms with van der Waals surface area (Å²) in [6.07, 6.45) is 6.39. The van der Waals surface area contributed by atoms with Crippen LogP contribution in [0.15, 0.2) is 45.5 Å². The third kappa shape index (κ3) is 3.52. The Morgan fingerprint density at radius 3 is 3.08 bits per heavy atom. The van der Waals surface area contributed by atoms with Gasteiger partial charge in [0.2, 0.25) is 5.96 Å². The molecule has 1 fully saturated rings. The topological polar surface area (TPSA) is 67.8 Å². The number of hydrogen-bond donors (Lipinski definition) is 3. The summed E-state index contributed by atoms with van der Waals surface area (Å²) in [6, 6.07) is 8.48. The van der Waals surface area contributed by atoms with Gasteiger partial charge in [0.1, 0.15) is 0 Å². The zero-order valence-electron chi connectivity index (χ0n) is 14.5. The van der Waals surface area contributed by atoms with E-state index in [-0.39, 0.29) is 5.41 Å². The molecule has 0 radical (unpaired) electrons. The number of benzene rings is 1. The smallest absolute Gasteiger partial charge is 0.225 e. The van der Waals surface area contributed by atoms with Crippen LogP contribution in [0.4, 0.5) is 0 Å². The zero-order valence-corrected chi connectivity index (χ0v) is 15.3. The highest BCUT2D eigenvalue weighted by Gasteiger charge is 2.37. The van der Waals surface area contributed by atoms with E-state index in [1.807, 2.05) is 11.2 Å². The normalized spacial score (nSPS) is 19.9. The summed E-state index contributed by atoms with van der Waals surface area (Å²) in [5.74, 6) is 0.841. The number of nitrogens with one attached hydrogen (secondary N) is 3. The van der Waals surface area contributed by atoms with Gasteiger partial charge < -0.3 is 10.3 Å². The number of aromatic amines is 1. The van der Waals surface area contributed by atoms with Crippen molar-refractivity contribution in [3.05, 3.63) is 30.5 Å². The molecule has 0 atom stereocenters. The van der Waals surface area contributed by atoms with Crippen molar-refractivity contribution in [2.45, 2.75) is 24.7 Å². The first kappa shape index (κ1) is 16.5. The zero-order chi connectivity index (χ0) is 17.1. The molecular formula is C18H24N6S. The summed E-state index contributed by atoms with van der Waals surface area (Å²) in [4.78, 5) is 9.01. The molecule has 2 aliphatic heterocycles. The molecule has 1 aromatic carbocycles. The fraction of sp³-hybridized carbons (Fsp3) is 0.444. The van der Waals surface area contributed by atoms with Crippen molar-refractivity contribution in [2.24, 2.45) is 15.5 Å². The maximum atomic E-state index is 4.65. The summed E-state index contributed by atoms with van der Waals surface area (Å²) in [6.45, 7) is 5.84. The van der Waals surface area contributed by atoms with Crippen molar-refractivity contribution >= 4 is 35.0 Å². The number of rotatable bonds is 3. The van der Waals surface area contributed by atoms with Gasteiger partial charge in [0, 0.05) is 40.2 Å². The number of hydrazone groups is 1. The second-order valence-corrected chi connectivity index (χ2v) is 7.52.